The van der Waals surface area contributed by atoms with E-state index in [-0.39, 0.29) is 0 Å². The number of rotatable bonds is 2. The van der Waals surface area contributed by atoms with E-state index in [2.05, 4.69) is 5.10 Å². The summed E-state index contributed by atoms with van der Waals surface area (Å²) < 4.78 is 13.0. The number of nitrogens with two attached hydrogens (primary N) is 1. The third kappa shape index (κ3) is 1.96. The van der Waals surface area contributed by atoms with Gasteiger partial charge in [0, 0.05) is 19.2 Å². The van der Waals surface area contributed by atoms with E-state index in [1.54, 1.807) is 0 Å². The number of hydrogen-bond donors (Lipinski definition) is 1. The van der Waals surface area contributed by atoms with Crippen LogP contribution in [-0.2, 0) is 13.6 Å². The van der Waals surface area contributed by atoms with Crippen LogP contribution in [0.5, 0.6) is 11.5 Å². The number of nitrogens with zero attached hydrogens (tertiary/aromatic N) is 2. The van der Waals surface area contributed by atoms with E-state index in [1.807, 2.05) is 36.9 Å². The molecule has 1 aromatic carbocycles. The number of fused-ring (bicyclic) bond motifs is 1. The van der Waals surface area contributed by atoms with Crippen LogP contribution in [0.1, 0.15) is 11.3 Å². The molecule has 0 aliphatic carbocycles. The monoisotopic (exact) mass is 259 g/mol. The highest BCUT2D eigenvalue weighted by Gasteiger charge is 2.17. The molecule has 0 unspecified atom stereocenters. The van der Waals surface area contributed by atoms with E-state index in [9.17, 15) is 0 Å². The topological polar surface area (TPSA) is 62.3 Å². The smallest absolute Gasteiger partial charge is 0.162 e. The first-order valence-corrected chi connectivity index (χ1v) is 6.33. The Balaban J connectivity index is 2.09. The van der Waals surface area contributed by atoms with Gasteiger partial charge in [0.15, 0.2) is 11.5 Å². The Bertz CT molecular complexity index is 619. The summed E-state index contributed by atoms with van der Waals surface area (Å²) in [6.07, 6.45) is 0. The number of aryl methyl sites for hydroxylation is 1. The predicted molar refractivity (Wildman–Crippen MR) is 72.3 cm³/mol. The fourth-order valence-electron chi connectivity index (χ4n) is 2.47. The van der Waals surface area contributed by atoms with Crippen molar-refractivity contribution < 1.29 is 9.47 Å². The largest absolute Gasteiger partial charge is 0.486 e. The van der Waals surface area contributed by atoms with Crippen LogP contribution < -0.4 is 15.2 Å². The first kappa shape index (κ1) is 12.0. The molecule has 5 heteroatoms. The molecule has 5 nitrogen and oxygen atoms in total. The predicted octanol–water partition coefficient (Wildman–Crippen LogP) is 1.63. The van der Waals surface area contributed by atoms with Gasteiger partial charge in [-0.15, -0.1) is 0 Å². The summed E-state index contributed by atoms with van der Waals surface area (Å²) in [7, 11) is 1.93. The Hall–Kier alpha value is -2.01. The van der Waals surface area contributed by atoms with Gasteiger partial charge in [0.05, 0.1) is 11.4 Å². The normalized spacial score (nSPS) is 13.6. The van der Waals surface area contributed by atoms with Crippen LogP contribution in [0.4, 0.5) is 0 Å². The molecule has 1 aliphatic heterocycles. The summed E-state index contributed by atoms with van der Waals surface area (Å²) in [6.45, 7) is 3.69. The summed E-state index contributed by atoms with van der Waals surface area (Å²) in [5.74, 6) is 1.59. The van der Waals surface area contributed by atoms with Gasteiger partial charge >= 0.3 is 0 Å². The second-order valence-corrected chi connectivity index (χ2v) is 4.61. The van der Waals surface area contributed by atoms with E-state index < -0.39 is 0 Å². The molecule has 0 spiro atoms. The number of benzene rings is 1. The highest BCUT2D eigenvalue weighted by atomic mass is 16.6. The summed E-state index contributed by atoms with van der Waals surface area (Å²) in [6, 6.07) is 5.97. The fraction of sp³-hybridized carbons (Fsp3) is 0.357. The van der Waals surface area contributed by atoms with Crippen LogP contribution in [0.3, 0.4) is 0 Å². The third-order valence-corrected chi connectivity index (χ3v) is 3.39. The van der Waals surface area contributed by atoms with Gasteiger partial charge in [-0.1, -0.05) is 0 Å². The first-order valence-electron chi connectivity index (χ1n) is 6.33. The van der Waals surface area contributed by atoms with Gasteiger partial charge in [-0.05, 0) is 30.7 Å². The molecule has 100 valence electrons. The van der Waals surface area contributed by atoms with E-state index in [4.69, 9.17) is 15.2 Å². The molecular formula is C14H17N3O2. The van der Waals surface area contributed by atoms with Gasteiger partial charge in [0.1, 0.15) is 13.2 Å². The Morgan fingerprint density at radius 1 is 1.26 bits per heavy atom. The van der Waals surface area contributed by atoms with Gasteiger partial charge in [0.25, 0.3) is 0 Å². The second-order valence-electron chi connectivity index (χ2n) is 4.61. The van der Waals surface area contributed by atoms with Crippen molar-refractivity contribution in [1.29, 1.82) is 0 Å². The maximum absolute atomic E-state index is 5.70. The average molecular weight is 259 g/mol. The van der Waals surface area contributed by atoms with Gasteiger partial charge in [-0.2, -0.15) is 5.10 Å². The summed E-state index contributed by atoms with van der Waals surface area (Å²) in [5, 5.41) is 4.44. The minimum absolute atomic E-state index is 0.449. The van der Waals surface area contributed by atoms with E-state index in [0.29, 0.717) is 19.8 Å². The average Bonchev–Trinajstić information content (AvgIpc) is 2.73. The van der Waals surface area contributed by atoms with Crippen LogP contribution in [0, 0.1) is 6.92 Å². The first-order chi connectivity index (χ1) is 9.20. The lowest BCUT2D eigenvalue weighted by Gasteiger charge is -2.19. The van der Waals surface area contributed by atoms with Crippen LogP contribution in [0.25, 0.3) is 11.3 Å². The Labute approximate surface area is 111 Å². The Morgan fingerprint density at radius 2 is 2.00 bits per heavy atom. The van der Waals surface area contributed by atoms with E-state index in [0.717, 1.165) is 34.0 Å². The molecule has 0 atom stereocenters. The molecule has 1 aromatic heterocycles. The molecule has 1 aliphatic rings. The standard InChI is InChI=1S/C14H17N3O2/c1-9-11(8-15)16-17(2)14(9)10-3-4-12-13(7-10)19-6-5-18-12/h3-4,7H,5-6,8,15H2,1-2H3. The minimum atomic E-state index is 0.449. The molecular weight excluding hydrogens is 242 g/mol. The molecule has 19 heavy (non-hydrogen) atoms. The fourth-order valence-corrected chi connectivity index (χ4v) is 2.47. The maximum atomic E-state index is 5.70. The Morgan fingerprint density at radius 3 is 2.68 bits per heavy atom. The number of ether oxygens (including phenoxy) is 2. The quantitative estimate of drug-likeness (QED) is 0.890. The van der Waals surface area contributed by atoms with Crippen LogP contribution in [0.15, 0.2) is 18.2 Å². The molecule has 3 rings (SSSR count). The zero-order valence-corrected chi connectivity index (χ0v) is 11.1. The molecule has 0 amide bonds. The minimum Gasteiger partial charge on any atom is -0.486 e. The summed E-state index contributed by atoms with van der Waals surface area (Å²) in [5.41, 5.74) is 9.87. The van der Waals surface area contributed by atoms with Crippen molar-refractivity contribution in [3.63, 3.8) is 0 Å². The highest BCUT2D eigenvalue weighted by Crippen LogP contribution is 2.35. The molecule has 2 N–H and O–H groups in total. The lowest BCUT2D eigenvalue weighted by Crippen LogP contribution is -2.15. The van der Waals surface area contributed by atoms with E-state index >= 15 is 0 Å². The molecule has 0 saturated carbocycles. The van der Waals surface area contributed by atoms with Crippen molar-refractivity contribution in [2.24, 2.45) is 12.8 Å². The maximum Gasteiger partial charge on any atom is 0.162 e. The SMILES string of the molecule is Cc1c(CN)nn(C)c1-c1ccc2c(c1)OCCO2. The van der Waals surface area contributed by atoms with Crippen LogP contribution in [0.2, 0.25) is 0 Å². The van der Waals surface area contributed by atoms with Crippen LogP contribution >= 0.6 is 0 Å². The van der Waals surface area contributed by atoms with Gasteiger partial charge in [0.2, 0.25) is 0 Å². The molecule has 0 radical (unpaired) electrons. The number of hydrogen-bond acceptors (Lipinski definition) is 4. The van der Waals surface area contributed by atoms with Crippen molar-refractivity contribution in [2.75, 3.05) is 13.2 Å². The highest BCUT2D eigenvalue weighted by molar-refractivity contribution is 5.68. The van der Waals surface area contributed by atoms with E-state index in [1.165, 1.54) is 0 Å². The van der Waals surface area contributed by atoms with Crippen molar-refractivity contribution >= 4 is 0 Å². The lowest BCUT2D eigenvalue weighted by atomic mass is 10.1. The number of aromatic nitrogens is 2. The van der Waals surface area contributed by atoms with Crippen molar-refractivity contribution in [3.05, 3.63) is 29.5 Å². The lowest BCUT2D eigenvalue weighted by molar-refractivity contribution is 0.171. The second kappa shape index (κ2) is 4.59. The summed E-state index contributed by atoms with van der Waals surface area (Å²) >= 11 is 0. The molecule has 2 heterocycles. The summed E-state index contributed by atoms with van der Waals surface area (Å²) in [4.78, 5) is 0. The zero-order chi connectivity index (χ0) is 13.4. The Kier molecular flexibility index (Phi) is 2.91. The van der Waals surface area contributed by atoms with Crippen molar-refractivity contribution in [1.82, 2.24) is 9.78 Å². The molecule has 0 saturated heterocycles. The zero-order valence-electron chi connectivity index (χ0n) is 11.1. The van der Waals surface area contributed by atoms with Crippen molar-refractivity contribution in [3.8, 4) is 22.8 Å². The molecule has 0 bridgehead atoms. The van der Waals surface area contributed by atoms with Gasteiger partial charge < -0.3 is 15.2 Å². The van der Waals surface area contributed by atoms with Crippen LogP contribution in [-0.4, -0.2) is 23.0 Å². The molecule has 2 aromatic rings. The third-order valence-electron chi connectivity index (χ3n) is 3.39. The van der Waals surface area contributed by atoms with Gasteiger partial charge in [-0.3, -0.25) is 4.68 Å². The molecule has 0 fully saturated rings. The van der Waals surface area contributed by atoms with Crippen molar-refractivity contribution in [2.45, 2.75) is 13.5 Å². The van der Waals surface area contributed by atoms with Gasteiger partial charge in [-0.25, -0.2) is 0 Å².